The molecule has 1 N–H and O–H groups in total. The van der Waals surface area contributed by atoms with E-state index in [9.17, 15) is 18.0 Å². The van der Waals surface area contributed by atoms with Crippen molar-refractivity contribution >= 4 is 11.6 Å². The lowest BCUT2D eigenvalue weighted by Crippen LogP contribution is -2.42. The number of rotatable bonds is 5. The van der Waals surface area contributed by atoms with Crippen LogP contribution in [-0.2, 0) is 30.5 Å². The number of imidazole rings is 1. The summed E-state index contributed by atoms with van der Waals surface area (Å²) in [6, 6.07) is 12.6. The number of aromatic nitrogens is 2. The number of carbonyl (C=O) groups is 1. The van der Waals surface area contributed by atoms with Crippen LogP contribution >= 0.6 is 0 Å². The van der Waals surface area contributed by atoms with Gasteiger partial charge in [0.15, 0.2) is 12.2 Å². The number of carbonyl (C=O) groups excluding carboxylic acids is 1. The molecule has 156 valence electrons. The van der Waals surface area contributed by atoms with Crippen molar-refractivity contribution in [1.29, 1.82) is 0 Å². The molecule has 0 radical (unpaired) electrons. The van der Waals surface area contributed by atoms with Crippen molar-refractivity contribution < 1.29 is 27.3 Å². The molecule has 0 bridgehead atoms. The molecule has 3 aromatic rings. The molecule has 1 aliphatic rings. The summed E-state index contributed by atoms with van der Waals surface area (Å²) in [4.78, 5) is 12.6. The van der Waals surface area contributed by atoms with Gasteiger partial charge in [-0.05, 0) is 42.8 Å². The fourth-order valence-electron chi connectivity index (χ4n) is 3.82. The SMILES string of the molecule is COc1ccc(-c2c[n+](CC(=O)Nc3ccccc3C(F)(F)F)c3n2CCC3)cc1. The molecule has 8 heteroatoms. The number of para-hydroxylation sites is 1. The molecule has 1 aromatic heterocycles. The summed E-state index contributed by atoms with van der Waals surface area (Å²) >= 11 is 0. The molecule has 0 fully saturated rings. The van der Waals surface area contributed by atoms with E-state index in [0.29, 0.717) is 0 Å². The molecule has 0 atom stereocenters. The Morgan fingerprint density at radius 3 is 2.60 bits per heavy atom. The average molecular weight is 416 g/mol. The first-order valence-electron chi connectivity index (χ1n) is 9.59. The van der Waals surface area contributed by atoms with E-state index in [4.69, 9.17) is 4.74 Å². The molecule has 1 amide bonds. The van der Waals surface area contributed by atoms with E-state index >= 15 is 0 Å². The van der Waals surface area contributed by atoms with Gasteiger partial charge in [-0.2, -0.15) is 13.2 Å². The Bertz CT molecular complexity index is 1070. The summed E-state index contributed by atoms with van der Waals surface area (Å²) in [7, 11) is 1.60. The van der Waals surface area contributed by atoms with Gasteiger partial charge in [-0.3, -0.25) is 4.79 Å². The van der Waals surface area contributed by atoms with Crippen LogP contribution in [0.2, 0.25) is 0 Å². The topological polar surface area (TPSA) is 47.1 Å². The van der Waals surface area contributed by atoms with Crippen molar-refractivity contribution in [1.82, 2.24) is 4.57 Å². The lowest BCUT2D eigenvalue weighted by Gasteiger charge is -2.13. The third kappa shape index (κ3) is 3.90. The lowest BCUT2D eigenvalue weighted by molar-refractivity contribution is -0.690. The number of hydrogen-bond donors (Lipinski definition) is 1. The van der Waals surface area contributed by atoms with Crippen LogP contribution in [0.5, 0.6) is 5.75 Å². The standard InChI is InChI=1S/C22H20F3N3O2/c1-30-16-10-8-15(9-11-16)19-13-27(21-7-4-12-28(19)21)14-20(29)26-18-6-3-2-5-17(18)22(23,24)25/h2-3,5-6,8-11,13H,4,7,12,14H2,1H3/p+1. The highest BCUT2D eigenvalue weighted by atomic mass is 19.4. The van der Waals surface area contributed by atoms with Crippen LogP contribution in [0, 0.1) is 0 Å². The summed E-state index contributed by atoms with van der Waals surface area (Å²) in [6.07, 6.45) is -0.887. The van der Waals surface area contributed by atoms with Gasteiger partial charge in [0.25, 0.3) is 11.7 Å². The predicted octanol–water partition coefficient (Wildman–Crippen LogP) is 4.05. The molecule has 30 heavy (non-hydrogen) atoms. The number of anilines is 1. The number of methoxy groups -OCH3 is 1. The van der Waals surface area contributed by atoms with Crippen LogP contribution < -0.4 is 14.6 Å². The second-order valence-corrected chi connectivity index (χ2v) is 7.13. The number of halogens is 3. The monoisotopic (exact) mass is 416 g/mol. The van der Waals surface area contributed by atoms with Crippen molar-refractivity contribution in [2.24, 2.45) is 0 Å². The minimum atomic E-state index is -4.53. The zero-order valence-electron chi connectivity index (χ0n) is 16.4. The largest absolute Gasteiger partial charge is 0.497 e. The molecule has 0 unspecified atom stereocenters. The number of amides is 1. The molecular weight excluding hydrogens is 395 g/mol. The van der Waals surface area contributed by atoms with E-state index in [1.807, 2.05) is 35.0 Å². The first-order chi connectivity index (χ1) is 14.4. The molecule has 0 aliphatic carbocycles. The van der Waals surface area contributed by atoms with Crippen molar-refractivity contribution in [3.05, 3.63) is 66.1 Å². The highest BCUT2D eigenvalue weighted by Crippen LogP contribution is 2.34. The number of alkyl halides is 3. The van der Waals surface area contributed by atoms with Gasteiger partial charge in [0.05, 0.1) is 31.3 Å². The Morgan fingerprint density at radius 2 is 1.90 bits per heavy atom. The first kappa shape index (κ1) is 20.0. The quantitative estimate of drug-likeness (QED) is 0.638. The molecule has 2 aromatic carbocycles. The molecule has 1 aliphatic heterocycles. The van der Waals surface area contributed by atoms with Gasteiger partial charge in [-0.15, -0.1) is 0 Å². The molecule has 2 heterocycles. The van der Waals surface area contributed by atoms with Crippen molar-refractivity contribution in [2.75, 3.05) is 12.4 Å². The van der Waals surface area contributed by atoms with Crippen LogP contribution in [0.3, 0.4) is 0 Å². The summed E-state index contributed by atoms with van der Waals surface area (Å²) < 4.78 is 48.7. The molecule has 5 nitrogen and oxygen atoms in total. The van der Waals surface area contributed by atoms with Gasteiger partial charge in [-0.25, -0.2) is 9.13 Å². The maximum Gasteiger partial charge on any atom is 0.418 e. The Labute approximate surface area is 171 Å². The highest BCUT2D eigenvalue weighted by molar-refractivity contribution is 5.90. The maximum atomic E-state index is 13.2. The Balaban J connectivity index is 1.58. The van der Waals surface area contributed by atoms with Crippen molar-refractivity contribution in [3.8, 4) is 17.0 Å². The Kier molecular flexibility index (Phi) is 5.24. The summed E-state index contributed by atoms with van der Waals surface area (Å²) in [6.45, 7) is 0.778. The van der Waals surface area contributed by atoms with Crippen LogP contribution in [0.15, 0.2) is 54.7 Å². The maximum absolute atomic E-state index is 13.2. The Morgan fingerprint density at radius 1 is 1.17 bits per heavy atom. The van der Waals surface area contributed by atoms with Gasteiger partial charge in [0.1, 0.15) is 11.9 Å². The second kappa shape index (κ2) is 7.85. The molecule has 0 saturated heterocycles. The van der Waals surface area contributed by atoms with Gasteiger partial charge in [-0.1, -0.05) is 12.1 Å². The van der Waals surface area contributed by atoms with Crippen molar-refractivity contribution in [2.45, 2.75) is 32.1 Å². The minimum Gasteiger partial charge on any atom is -0.497 e. The number of fused-ring (bicyclic) bond motifs is 1. The van der Waals surface area contributed by atoms with E-state index in [0.717, 1.165) is 48.3 Å². The van der Waals surface area contributed by atoms with Gasteiger partial charge >= 0.3 is 6.18 Å². The van der Waals surface area contributed by atoms with Gasteiger partial charge < -0.3 is 10.1 Å². The lowest BCUT2D eigenvalue weighted by atomic mass is 10.1. The molecule has 0 saturated carbocycles. The smallest absolute Gasteiger partial charge is 0.418 e. The zero-order valence-corrected chi connectivity index (χ0v) is 16.4. The number of hydrogen-bond acceptors (Lipinski definition) is 2. The number of nitrogens with one attached hydrogen (secondary N) is 1. The van der Waals surface area contributed by atoms with E-state index in [1.165, 1.54) is 18.2 Å². The van der Waals surface area contributed by atoms with E-state index < -0.39 is 17.6 Å². The number of ether oxygens (including phenoxy) is 1. The second-order valence-electron chi connectivity index (χ2n) is 7.13. The fraction of sp³-hybridized carbons (Fsp3) is 0.273. The molecule has 0 spiro atoms. The van der Waals surface area contributed by atoms with Gasteiger partial charge in [0.2, 0.25) is 0 Å². The number of nitrogens with zero attached hydrogens (tertiary/aromatic N) is 2. The third-order valence-corrected chi connectivity index (χ3v) is 5.20. The fourth-order valence-corrected chi connectivity index (χ4v) is 3.82. The molecule has 4 rings (SSSR count). The highest BCUT2D eigenvalue weighted by Gasteiger charge is 2.34. The third-order valence-electron chi connectivity index (χ3n) is 5.20. The number of benzene rings is 2. The summed E-state index contributed by atoms with van der Waals surface area (Å²) in [5, 5.41) is 2.42. The summed E-state index contributed by atoms with van der Waals surface area (Å²) in [5.41, 5.74) is 0.861. The van der Waals surface area contributed by atoms with Crippen LogP contribution in [0.1, 0.15) is 17.8 Å². The van der Waals surface area contributed by atoms with E-state index in [-0.39, 0.29) is 12.2 Å². The first-order valence-corrected chi connectivity index (χ1v) is 9.59. The van der Waals surface area contributed by atoms with E-state index in [2.05, 4.69) is 9.88 Å². The van der Waals surface area contributed by atoms with Crippen LogP contribution in [-0.4, -0.2) is 17.6 Å². The van der Waals surface area contributed by atoms with Crippen molar-refractivity contribution in [3.63, 3.8) is 0 Å². The molecular formula is C22H21F3N3O2+. The zero-order chi connectivity index (χ0) is 21.3. The predicted molar refractivity (Wildman–Crippen MR) is 105 cm³/mol. The van der Waals surface area contributed by atoms with Crippen LogP contribution in [0.4, 0.5) is 18.9 Å². The van der Waals surface area contributed by atoms with Gasteiger partial charge in [0, 0.05) is 5.56 Å². The summed E-state index contributed by atoms with van der Waals surface area (Å²) in [5.74, 6) is 1.24. The van der Waals surface area contributed by atoms with Crippen LogP contribution in [0.25, 0.3) is 11.3 Å². The Hall–Kier alpha value is -3.29. The average Bonchev–Trinajstić information content (AvgIpc) is 3.32. The van der Waals surface area contributed by atoms with E-state index in [1.54, 1.807) is 7.11 Å². The normalized spacial score (nSPS) is 13.2. The minimum absolute atomic E-state index is 0.0579.